The second kappa shape index (κ2) is 23.2. The summed E-state index contributed by atoms with van der Waals surface area (Å²) in [6.45, 7) is 52.1. The van der Waals surface area contributed by atoms with Crippen LogP contribution in [0.4, 0.5) is 0 Å². The molecular formula is C90H106O8. The Balaban J connectivity index is 1.30. The van der Waals surface area contributed by atoms with Gasteiger partial charge in [0.2, 0.25) is 10.9 Å². The van der Waals surface area contributed by atoms with E-state index in [0.717, 1.165) is 66.8 Å². The number of hydrogen-bond acceptors (Lipinski definition) is 8. The first kappa shape index (κ1) is 69.8. The second-order valence-corrected chi connectivity index (χ2v) is 37.6. The maximum absolute atomic E-state index is 17.1. The number of hydrogen-bond donors (Lipinski definition) is 4. The molecule has 8 aromatic rings. The van der Waals surface area contributed by atoms with E-state index in [1.807, 2.05) is 0 Å². The van der Waals surface area contributed by atoms with Crippen molar-refractivity contribution in [2.45, 2.75) is 260 Å². The number of fused-ring (bicyclic) bond motifs is 10. The third-order valence-corrected chi connectivity index (χ3v) is 21.6. The summed E-state index contributed by atoms with van der Waals surface area (Å²) in [6, 6.07) is 34.0. The Morgan fingerprint density at radius 2 is 0.480 bits per heavy atom. The fourth-order valence-corrected chi connectivity index (χ4v) is 15.5. The highest BCUT2D eigenvalue weighted by atomic mass is 16.5. The monoisotopic (exact) mass is 1310 g/mol. The molecule has 4 heterocycles. The van der Waals surface area contributed by atoms with Crippen molar-refractivity contribution in [1.82, 2.24) is 0 Å². The summed E-state index contributed by atoms with van der Waals surface area (Å²) in [5.41, 5.74) is 14.4. The van der Waals surface area contributed by atoms with Crippen LogP contribution in [0.2, 0.25) is 0 Å². The number of phenols is 4. The molecule has 12 rings (SSSR count). The highest BCUT2D eigenvalue weighted by Crippen LogP contribution is 2.60. The molecule has 4 aliphatic heterocycles. The molecule has 4 N–H and O–H groups in total. The van der Waals surface area contributed by atoms with Crippen molar-refractivity contribution in [2.24, 2.45) is 0 Å². The van der Waals surface area contributed by atoms with Crippen molar-refractivity contribution >= 4 is 0 Å². The third kappa shape index (κ3) is 12.6. The molecule has 0 aliphatic carbocycles. The van der Waals surface area contributed by atoms with Crippen molar-refractivity contribution < 1.29 is 29.9 Å². The summed E-state index contributed by atoms with van der Waals surface area (Å²) in [5.74, 6) is 0.269. The van der Waals surface area contributed by atoms with Crippen LogP contribution in [-0.2, 0) is 81.8 Å². The van der Waals surface area contributed by atoms with Gasteiger partial charge in [-0.25, -0.2) is 0 Å². The van der Waals surface area contributed by atoms with Crippen LogP contribution in [0.1, 0.15) is 312 Å². The van der Waals surface area contributed by atoms with Crippen molar-refractivity contribution in [2.75, 3.05) is 0 Å². The van der Waals surface area contributed by atoms with Crippen LogP contribution in [0.15, 0.2) is 107 Å². The van der Waals surface area contributed by atoms with Crippen molar-refractivity contribution in [3.63, 3.8) is 0 Å². The van der Waals surface area contributed by atoms with Crippen molar-refractivity contribution in [3.05, 3.63) is 251 Å². The van der Waals surface area contributed by atoms with E-state index in [2.05, 4.69) is 263 Å². The molecule has 0 saturated carbocycles. The lowest BCUT2D eigenvalue weighted by Gasteiger charge is -2.39. The van der Waals surface area contributed by atoms with Gasteiger partial charge in [-0.1, -0.05) is 263 Å². The van der Waals surface area contributed by atoms with E-state index < -0.39 is 33.5 Å². The van der Waals surface area contributed by atoms with Crippen LogP contribution < -0.4 is 20.3 Å². The SMILES string of the molecule is CC(C)(C)c1cc2c(O)c(c1)Cc1cc(C(C)(C)C)cc3c1Oc1c(ccc(C(C)(C)C)c(c1=O)Cc1cc(C(C)(C)C)cc(c1O)C2)[C@@H]3[C@H]1c2cc(C(C)(C)C)cc3c2Oc2c1ccc(C(C)(C)C)c(c2=O)Cc1cc(C(C)(C)C)cc(c1O)Cc1cc(C(C)(C)C)cc(c1O)C3. The Morgan fingerprint density at radius 3 is 0.714 bits per heavy atom. The Bertz CT molecular complexity index is 4480. The van der Waals surface area contributed by atoms with Gasteiger partial charge in [0.15, 0.2) is 11.5 Å². The highest BCUT2D eigenvalue weighted by Gasteiger charge is 2.46. The maximum Gasteiger partial charge on any atom is 0.225 e. The van der Waals surface area contributed by atoms with Crippen molar-refractivity contribution in [1.29, 1.82) is 0 Å². The molecule has 0 unspecified atom stereocenters. The molecule has 4 aliphatic rings. The molecule has 514 valence electrons. The van der Waals surface area contributed by atoms with E-state index in [9.17, 15) is 20.4 Å². The second-order valence-electron chi connectivity index (χ2n) is 37.6. The zero-order valence-electron chi connectivity index (χ0n) is 63.1. The average Bonchev–Trinajstić information content (AvgIpc) is 1.20. The van der Waals surface area contributed by atoms with Gasteiger partial charge in [0.05, 0.1) is 0 Å². The summed E-state index contributed by atoms with van der Waals surface area (Å²) >= 11 is 0. The summed E-state index contributed by atoms with van der Waals surface area (Å²) in [6.07, 6.45) is 1.11. The van der Waals surface area contributed by atoms with E-state index in [1.54, 1.807) is 0 Å². The molecule has 14 bridgehead atoms. The predicted octanol–water partition coefficient (Wildman–Crippen LogP) is 21.0. The molecule has 8 nitrogen and oxygen atoms in total. The molecule has 98 heavy (non-hydrogen) atoms. The summed E-state index contributed by atoms with van der Waals surface area (Å²) in [5, 5.41) is 52.0. The van der Waals surface area contributed by atoms with Crippen molar-refractivity contribution in [3.8, 4) is 46.0 Å². The third-order valence-electron chi connectivity index (χ3n) is 21.6. The smallest absolute Gasteiger partial charge is 0.225 e. The average molecular weight is 1320 g/mol. The van der Waals surface area contributed by atoms with E-state index in [1.165, 1.54) is 0 Å². The number of aromatic hydroxyl groups is 4. The fraction of sp³-hybridized carbons (Fsp3) is 0.444. The lowest BCUT2D eigenvalue weighted by molar-refractivity contribution is 0.403. The summed E-state index contributed by atoms with van der Waals surface area (Å²) in [7, 11) is 0. The quantitative estimate of drug-likeness (QED) is 0.128. The summed E-state index contributed by atoms with van der Waals surface area (Å²) in [4.78, 5) is 34.1. The molecule has 0 aromatic heterocycles. The first-order valence-electron chi connectivity index (χ1n) is 35.6. The molecular weight excluding hydrogens is 1210 g/mol. The van der Waals surface area contributed by atoms with Gasteiger partial charge in [0, 0.05) is 83.7 Å². The lowest BCUT2D eigenvalue weighted by atomic mass is 9.68. The number of benzene rings is 6. The van der Waals surface area contributed by atoms with E-state index in [4.69, 9.17) is 9.47 Å². The number of ether oxygens (including phenoxy) is 2. The van der Waals surface area contributed by atoms with E-state index >= 15 is 9.59 Å². The molecule has 0 amide bonds. The van der Waals surface area contributed by atoms with Crippen LogP contribution in [-0.4, -0.2) is 20.4 Å². The Hall–Kier alpha value is -8.10. The van der Waals surface area contributed by atoms with Gasteiger partial charge in [0.25, 0.3) is 0 Å². The first-order valence-corrected chi connectivity index (χ1v) is 35.6. The van der Waals surface area contributed by atoms with Crippen LogP contribution in [0.5, 0.6) is 46.0 Å². The largest absolute Gasteiger partial charge is 0.507 e. The van der Waals surface area contributed by atoms with Gasteiger partial charge >= 0.3 is 0 Å². The van der Waals surface area contributed by atoms with E-state index in [0.29, 0.717) is 78.3 Å². The van der Waals surface area contributed by atoms with Gasteiger partial charge in [-0.2, -0.15) is 0 Å². The minimum atomic E-state index is -0.755. The topological polar surface area (TPSA) is 134 Å². The van der Waals surface area contributed by atoms with Gasteiger partial charge in [-0.15, -0.1) is 0 Å². The molecule has 2 atom stereocenters. The number of phenolic OH excluding ortho intramolecular Hbond substituents is 4. The standard InChI is InChI=1S/C90H106O8/c1-83(2,3)57-33-47-29-49-35-59(85(7,8)9)39-53(75(49)93)43-65-69(89(19,20)21)27-25-63-71(67-45-61(87(13,14)15)41-55(31-51(37-57)73(47)91)79(67)97-81(63)77(65)95)72-64-26-28-70(90(22,23)24)66-44-54-40-60(86(10,11)12)36-50(76(54)94)30-48-34-58(84(4,5)6)38-52(74(48)92)32-56-42-62(88(16,17)18)46-68(72)80(56)98-82(64)78(66)96/h25-28,33-42,45-46,71-72,91-94H,29-32,43-44H2,1-24H3/t71-,72+. The molecule has 0 spiro atoms. The highest BCUT2D eigenvalue weighted by molar-refractivity contribution is 5.70. The Morgan fingerprint density at radius 1 is 0.265 bits per heavy atom. The maximum atomic E-state index is 17.1. The zero-order valence-corrected chi connectivity index (χ0v) is 63.1. The summed E-state index contributed by atoms with van der Waals surface area (Å²) < 4.78 is 15.3. The predicted molar refractivity (Wildman–Crippen MR) is 401 cm³/mol. The Kier molecular flexibility index (Phi) is 16.6. The Labute approximate surface area is 583 Å². The number of rotatable bonds is 1. The van der Waals surface area contributed by atoms with Gasteiger partial charge in [-0.3, -0.25) is 9.59 Å². The van der Waals surface area contributed by atoms with Crippen LogP contribution in [0.3, 0.4) is 0 Å². The lowest BCUT2D eigenvalue weighted by Crippen LogP contribution is -2.28. The van der Waals surface area contributed by atoms with Crippen LogP contribution in [0.25, 0.3) is 0 Å². The molecule has 8 aromatic carbocycles. The molecule has 0 radical (unpaired) electrons. The minimum Gasteiger partial charge on any atom is -0.507 e. The zero-order chi connectivity index (χ0) is 71.8. The molecule has 0 saturated heterocycles. The fourth-order valence-electron chi connectivity index (χ4n) is 15.5. The normalized spacial score (nSPS) is 16.3. The molecule has 0 fully saturated rings. The van der Waals surface area contributed by atoms with Gasteiger partial charge in [0.1, 0.15) is 34.5 Å². The van der Waals surface area contributed by atoms with Gasteiger partial charge in [-0.05, 0) is 143 Å². The van der Waals surface area contributed by atoms with Gasteiger partial charge < -0.3 is 29.9 Å². The van der Waals surface area contributed by atoms with E-state index in [-0.39, 0.29) is 106 Å². The first-order chi connectivity index (χ1) is 45.1. The minimum absolute atomic E-state index is 0.0822. The molecule has 8 heteroatoms. The van der Waals surface area contributed by atoms with Crippen LogP contribution in [0, 0.1) is 0 Å². The van der Waals surface area contributed by atoms with Crippen LogP contribution >= 0.6 is 0 Å².